The van der Waals surface area contributed by atoms with Gasteiger partial charge in [0, 0.05) is 25.4 Å². The van der Waals surface area contributed by atoms with Gasteiger partial charge in [-0.1, -0.05) is 13.8 Å². The van der Waals surface area contributed by atoms with E-state index in [-0.39, 0.29) is 30.7 Å². The number of carbonyl (C=O) groups is 3. The third kappa shape index (κ3) is 10.8. The second-order valence-corrected chi connectivity index (χ2v) is 5.74. The fraction of sp³-hybridized carbons (Fsp3) is 0.786. The smallest absolute Gasteiger partial charge is 0.321 e. The molecule has 0 radical (unpaired) electrons. The minimum Gasteiger partial charge on any atom is -0.481 e. The molecule has 122 valence electrons. The van der Waals surface area contributed by atoms with Gasteiger partial charge in [0.25, 0.3) is 0 Å². The van der Waals surface area contributed by atoms with E-state index in [2.05, 4.69) is 10.6 Å². The van der Waals surface area contributed by atoms with Crippen molar-refractivity contribution in [2.24, 2.45) is 5.92 Å². The Morgan fingerprint density at radius 1 is 1.10 bits per heavy atom. The van der Waals surface area contributed by atoms with Crippen LogP contribution >= 0.6 is 0 Å². The summed E-state index contributed by atoms with van der Waals surface area (Å²) in [4.78, 5) is 35.6. The van der Waals surface area contributed by atoms with E-state index in [4.69, 9.17) is 5.11 Å². The predicted octanol–water partition coefficient (Wildman–Crippen LogP) is 1.04. The Morgan fingerprint density at radius 3 is 2.14 bits per heavy atom. The average Bonchev–Trinajstić information content (AvgIpc) is 2.32. The molecule has 0 bridgehead atoms. The number of carboxylic acid groups (broad SMARTS) is 1. The number of carbonyl (C=O) groups excluding carboxylic acids is 2. The van der Waals surface area contributed by atoms with E-state index >= 15 is 0 Å². The summed E-state index contributed by atoms with van der Waals surface area (Å²) in [6, 6.07) is -0.543. The van der Waals surface area contributed by atoms with E-state index in [0.29, 0.717) is 19.4 Å². The minimum absolute atomic E-state index is 0.0394. The molecule has 0 fully saturated rings. The molecular weight excluding hydrogens is 274 g/mol. The maximum atomic E-state index is 11.7. The van der Waals surface area contributed by atoms with E-state index in [0.717, 1.165) is 0 Å². The van der Waals surface area contributed by atoms with Crippen LogP contribution in [0.4, 0.5) is 4.79 Å². The van der Waals surface area contributed by atoms with Crippen molar-refractivity contribution in [1.82, 2.24) is 15.5 Å². The SMILES string of the molecule is CC(C)C(CN(C)C)NC(=O)NC(=O)CCCCC(=O)O. The van der Waals surface area contributed by atoms with Crippen LogP contribution in [0.3, 0.4) is 0 Å². The zero-order chi connectivity index (χ0) is 16.4. The van der Waals surface area contributed by atoms with Crippen LogP contribution in [-0.4, -0.2) is 54.6 Å². The van der Waals surface area contributed by atoms with Crippen molar-refractivity contribution in [3.05, 3.63) is 0 Å². The van der Waals surface area contributed by atoms with Gasteiger partial charge < -0.3 is 15.3 Å². The minimum atomic E-state index is -0.878. The lowest BCUT2D eigenvalue weighted by Gasteiger charge is -2.25. The molecule has 7 nitrogen and oxygen atoms in total. The van der Waals surface area contributed by atoms with Gasteiger partial charge >= 0.3 is 12.0 Å². The van der Waals surface area contributed by atoms with Gasteiger partial charge in [-0.3, -0.25) is 14.9 Å². The molecule has 0 aromatic heterocycles. The summed E-state index contributed by atoms with van der Waals surface area (Å²) in [5.74, 6) is -1.01. The van der Waals surface area contributed by atoms with Crippen LogP contribution in [-0.2, 0) is 9.59 Å². The van der Waals surface area contributed by atoms with Crippen molar-refractivity contribution in [3.8, 4) is 0 Å². The number of amides is 3. The highest BCUT2D eigenvalue weighted by Crippen LogP contribution is 2.03. The van der Waals surface area contributed by atoms with Crippen molar-refractivity contribution in [3.63, 3.8) is 0 Å². The first-order valence-corrected chi connectivity index (χ1v) is 7.19. The lowest BCUT2D eigenvalue weighted by Crippen LogP contribution is -2.50. The van der Waals surface area contributed by atoms with Crippen molar-refractivity contribution in [2.45, 2.75) is 45.6 Å². The highest BCUT2D eigenvalue weighted by Gasteiger charge is 2.18. The van der Waals surface area contributed by atoms with E-state index in [1.165, 1.54) is 0 Å². The number of urea groups is 1. The number of hydrogen-bond donors (Lipinski definition) is 3. The molecule has 0 aromatic rings. The molecule has 1 atom stereocenters. The fourth-order valence-electron chi connectivity index (χ4n) is 1.77. The molecule has 0 spiro atoms. The summed E-state index contributed by atoms with van der Waals surface area (Å²) < 4.78 is 0. The van der Waals surface area contributed by atoms with Gasteiger partial charge in [0.1, 0.15) is 0 Å². The first kappa shape index (κ1) is 19.4. The fourth-order valence-corrected chi connectivity index (χ4v) is 1.77. The summed E-state index contributed by atoms with van der Waals surface area (Å²) in [6.45, 7) is 4.70. The molecule has 0 aliphatic rings. The predicted molar refractivity (Wildman–Crippen MR) is 80.0 cm³/mol. The number of rotatable bonds is 9. The summed E-state index contributed by atoms with van der Waals surface area (Å²) in [5, 5.41) is 13.5. The molecule has 7 heteroatoms. The standard InChI is InChI=1S/C14H27N3O4/c1-10(2)11(9-17(3)4)15-14(21)16-12(18)7-5-6-8-13(19)20/h10-11H,5-9H2,1-4H3,(H,19,20)(H2,15,16,18,21). The van der Waals surface area contributed by atoms with Crippen LogP contribution in [0.2, 0.25) is 0 Å². The molecule has 0 saturated carbocycles. The Morgan fingerprint density at radius 2 is 1.67 bits per heavy atom. The Balaban J connectivity index is 4.04. The van der Waals surface area contributed by atoms with Gasteiger partial charge in [0.2, 0.25) is 5.91 Å². The largest absolute Gasteiger partial charge is 0.481 e. The second kappa shape index (κ2) is 10.1. The zero-order valence-corrected chi connectivity index (χ0v) is 13.3. The molecule has 3 N–H and O–H groups in total. The van der Waals surface area contributed by atoms with Gasteiger partial charge in [0.05, 0.1) is 0 Å². The number of nitrogens with one attached hydrogen (secondary N) is 2. The van der Waals surface area contributed by atoms with Crippen LogP contribution in [0.15, 0.2) is 0 Å². The van der Waals surface area contributed by atoms with Crippen LogP contribution < -0.4 is 10.6 Å². The maximum absolute atomic E-state index is 11.7. The van der Waals surface area contributed by atoms with Crippen LogP contribution in [0.25, 0.3) is 0 Å². The molecule has 21 heavy (non-hydrogen) atoms. The van der Waals surface area contributed by atoms with Gasteiger partial charge in [-0.2, -0.15) is 0 Å². The number of likely N-dealkylation sites (N-methyl/N-ethyl adjacent to an activating group) is 1. The number of hydrogen-bond acceptors (Lipinski definition) is 4. The monoisotopic (exact) mass is 301 g/mol. The normalized spacial score (nSPS) is 12.3. The molecule has 0 rings (SSSR count). The van der Waals surface area contributed by atoms with E-state index in [1.807, 2.05) is 32.8 Å². The number of nitrogens with zero attached hydrogens (tertiary/aromatic N) is 1. The van der Waals surface area contributed by atoms with Crippen molar-refractivity contribution < 1.29 is 19.5 Å². The number of imide groups is 1. The summed E-state index contributed by atoms with van der Waals surface area (Å²) in [7, 11) is 3.84. The number of carboxylic acids is 1. The zero-order valence-electron chi connectivity index (χ0n) is 13.3. The highest BCUT2D eigenvalue weighted by atomic mass is 16.4. The molecule has 0 aliphatic carbocycles. The molecule has 3 amide bonds. The summed E-state index contributed by atoms with van der Waals surface area (Å²) in [5.41, 5.74) is 0. The van der Waals surface area contributed by atoms with Crippen LogP contribution in [0, 0.1) is 5.92 Å². The Labute approximate surface area is 126 Å². The molecule has 0 heterocycles. The third-order valence-corrected chi connectivity index (χ3v) is 2.98. The topological polar surface area (TPSA) is 98.7 Å². The van der Waals surface area contributed by atoms with E-state index < -0.39 is 12.0 Å². The second-order valence-electron chi connectivity index (χ2n) is 5.74. The molecule has 0 aliphatic heterocycles. The molecule has 0 saturated heterocycles. The van der Waals surface area contributed by atoms with Crippen LogP contribution in [0.1, 0.15) is 39.5 Å². The summed E-state index contributed by atoms with van der Waals surface area (Å²) in [6.07, 6.45) is 1.08. The van der Waals surface area contributed by atoms with E-state index in [9.17, 15) is 14.4 Å². The Bertz CT molecular complexity index is 356. The maximum Gasteiger partial charge on any atom is 0.321 e. The van der Waals surface area contributed by atoms with E-state index in [1.54, 1.807) is 0 Å². The quantitative estimate of drug-likeness (QED) is 0.553. The van der Waals surface area contributed by atoms with Crippen molar-refractivity contribution in [1.29, 1.82) is 0 Å². The van der Waals surface area contributed by atoms with Crippen molar-refractivity contribution >= 4 is 17.9 Å². The van der Waals surface area contributed by atoms with Gasteiger partial charge in [-0.05, 0) is 32.9 Å². The Hall–Kier alpha value is -1.63. The molecule has 0 aromatic carbocycles. The van der Waals surface area contributed by atoms with Crippen molar-refractivity contribution in [2.75, 3.05) is 20.6 Å². The van der Waals surface area contributed by atoms with Gasteiger partial charge in [-0.15, -0.1) is 0 Å². The van der Waals surface area contributed by atoms with Crippen LogP contribution in [0.5, 0.6) is 0 Å². The lowest BCUT2D eigenvalue weighted by molar-refractivity contribution is -0.137. The molecular formula is C14H27N3O4. The first-order valence-electron chi connectivity index (χ1n) is 7.19. The Kier molecular flexibility index (Phi) is 9.36. The summed E-state index contributed by atoms with van der Waals surface area (Å²) >= 11 is 0. The van der Waals surface area contributed by atoms with Gasteiger partial charge in [-0.25, -0.2) is 4.79 Å². The lowest BCUT2D eigenvalue weighted by atomic mass is 10.0. The number of aliphatic carboxylic acids is 1. The number of unbranched alkanes of at least 4 members (excludes halogenated alkanes) is 1. The third-order valence-electron chi connectivity index (χ3n) is 2.98. The molecule has 1 unspecified atom stereocenters. The van der Waals surface area contributed by atoms with Gasteiger partial charge in [0.15, 0.2) is 0 Å². The highest BCUT2D eigenvalue weighted by molar-refractivity contribution is 5.94. The average molecular weight is 301 g/mol. The first-order chi connectivity index (χ1) is 9.72.